The molecule has 0 spiro atoms. The second-order valence-corrected chi connectivity index (χ2v) is 8.93. The normalized spacial score (nSPS) is 50.1. The van der Waals surface area contributed by atoms with Crippen LogP contribution in [0.5, 0.6) is 0 Å². The molecular formula is C21H27NO2. The molecule has 0 radical (unpaired) electrons. The van der Waals surface area contributed by atoms with Crippen molar-refractivity contribution in [2.45, 2.75) is 64.0 Å². The maximum Gasteiger partial charge on any atom is 0.150 e. The van der Waals surface area contributed by atoms with Crippen LogP contribution in [0.3, 0.4) is 0 Å². The van der Waals surface area contributed by atoms with E-state index in [1.165, 1.54) is 11.1 Å². The predicted molar refractivity (Wildman–Crippen MR) is 93.8 cm³/mol. The first-order valence-electron chi connectivity index (χ1n) is 9.13. The Labute approximate surface area is 144 Å². The second kappa shape index (κ2) is 4.84. The first-order chi connectivity index (χ1) is 11.2. The minimum atomic E-state index is -0.994. The SMILES string of the molecule is C#C[C@@]1(O)CC[C@@]2(C)C(=CC=C3[C@@H]4CC(=O)[C@H](N)[C@@]4(C)CC[C@@H]32)C1. The van der Waals surface area contributed by atoms with E-state index in [2.05, 4.69) is 31.9 Å². The number of terminal acetylenes is 1. The maximum absolute atomic E-state index is 12.3. The minimum absolute atomic E-state index is 0.0597. The first-order valence-corrected chi connectivity index (χ1v) is 9.13. The summed E-state index contributed by atoms with van der Waals surface area (Å²) in [5, 5.41) is 10.5. The zero-order valence-corrected chi connectivity index (χ0v) is 14.6. The summed E-state index contributed by atoms with van der Waals surface area (Å²) < 4.78 is 0. The van der Waals surface area contributed by atoms with Crippen LogP contribution < -0.4 is 5.73 Å². The van der Waals surface area contributed by atoms with E-state index in [1.54, 1.807) is 0 Å². The van der Waals surface area contributed by atoms with Crippen LogP contribution in [0, 0.1) is 35.0 Å². The minimum Gasteiger partial charge on any atom is -0.377 e. The number of hydrogen-bond donors (Lipinski definition) is 2. The van der Waals surface area contributed by atoms with Gasteiger partial charge in [0, 0.05) is 12.8 Å². The van der Waals surface area contributed by atoms with E-state index in [0.29, 0.717) is 25.2 Å². The number of carbonyl (C=O) groups excluding carboxylic acids is 1. The third-order valence-corrected chi connectivity index (χ3v) is 7.82. The van der Waals surface area contributed by atoms with E-state index < -0.39 is 5.60 Å². The molecule has 4 aliphatic rings. The number of allylic oxidation sites excluding steroid dienone is 3. The molecule has 4 rings (SSSR count). The highest BCUT2D eigenvalue weighted by Gasteiger charge is 2.58. The van der Waals surface area contributed by atoms with Crippen molar-refractivity contribution in [3.8, 4) is 12.3 Å². The Bertz CT molecular complexity index is 714. The fourth-order valence-electron chi connectivity index (χ4n) is 5.96. The standard InChI is InChI=1S/C21H27NO2/c1-4-21(24)10-9-19(2)13(12-21)5-6-14-15(19)7-8-20(3)16(14)11-17(23)18(20)22/h1,5-6,15-16,18,24H,7-12,22H2,2-3H3/t15-,16-,18-,19-,20-,21+/m0/s1. The summed E-state index contributed by atoms with van der Waals surface area (Å²) in [5.74, 6) is 3.54. The lowest BCUT2D eigenvalue weighted by Crippen LogP contribution is -2.50. The first kappa shape index (κ1) is 16.1. The van der Waals surface area contributed by atoms with Crippen molar-refractivity contribution >= 4 is 5.78 Å². The highest BCUT2D eigenvalue weighted by molar-refractivity contribution is 5.88. The van der Waals surface area contributed by atoms with Crippen LogP contribution >= 0.6 is 0 Å². The molecule has 0 bridgehead atoms. The van der Waals surface area contributed by atoms with E-state index >= 15 is 0 Å². The quantitative estimate of drug-likeness (QED) is 0.673. The molecule has 0 aromatic rings. The van der Waals surface area contributed by atoms with Crippen LogP contribution in [0.2, 0.25) is 0 Å². The summed E-state index contributed by atoms with van der Waals surface area (Å²) in [5.41, 5.74) is 7.93. The van der Waals surface area contributed by atoms with Crippen molar-refractivity contribution in [1.29, 1.82) is 0 Å². The Kier molecular flexibility index (Phi) is 3.25. The maximum atomic E-state index is 12.3. The number of aliphatic hydroxyl groups is 1. The number of carbonyl (C=O) groups is 1. The molecule has 0 heterocycles. The van der Waals surface area contributed by atoms with Crippen LogP contribution in [0.25, 0.3) is 0 Å². The number of ketones is 1. The fraction of sp³-hybridized carbons (Fsp3) is 0.667. The van der Waals surface area contributed by atoms with Crippen LogP contribution in [-0.4, -0.2) is 22.5 Å². The highest BCUT2D eigenvalue weighted by Crippen LogP contribution is 2.63. The van der Waals surface area contributed by atoms with E-state index in [1.807, 2.05) is 0 Å². The summed E-state index contributed by atoms with van der Waals surface area (Å²) in [6.45, 7) is 4.52. The monoisotopic (exact) mass is 325 g/mol. The summed E-state index contributed by atoms with van der Waals surface area (Å²) in [6, 6.07) is -0.319. The topological polar surface area (TPSA) is 63.3 Å². The van der Waals surface area contributed by atoms with Crippen molar-refractivity contribution in [2.75, 3.05) is 0 Å². The average molecular weight is 325 g/mol. The van der Waals surface area contributed by atoms with Gasteiger partial charge in [0.15, 0.2) is 5.78 Å². The molecule has 3 saturated carbocycles. The molecule has 3 heteroatoms. The van der Waals surface area contributed by atoms with Gasteiger partial charge in [0.1, 0.15) is 5.60 Å². The van der Waals surface area contributed by atoms with Gasteiger partial charge in [-0.25, -0.2) is 0 Å². The molecule has 0 aromatic carbocycles. The van der Waals surface area contributed by atoms with Crippen molar-refractivity contribution in [2.24, 2.45) is 28.4 Å². The zero-order valence-electron chi connectivity index (χ0n) is 14.6. The second-order valence-electron chi connectivity index (χ2n) is 8.93. The lowest BCUT2D eigenvalue weighted by Gasteiger charge is -2.55. The summed E-state index contributed by atoms with van der Waals surface area (Å²) >= 11 is 0. The number of nitrogens with two attached hydrogens (primary N) is 1. The van der Waals surface area contributed by atoms with Gasteiger partial charge in [0.05, 0.1) is 6.04 Å². The molecule has 3 fully saturated rings. The number of rotatable bonds is 0. The molecule has 0 aromatic heterocycles. The molecule has 0 amide bonds. The van der Waals surface area contributed by atoms with Crippen molar-refractivity contribution in [3.63, 3.8) is 0 Å². The molecule has 0 unspecified atom stereocenters. The van der Waals surface area contributed by atoms with Crippen molar-refractivity contribution in [1.82, 2.24) is 0 Å². The van der Waals surface area contributed by atoms with Crippen molar-refractivity contribution < 1.29 is 9.90 Å². The van der Waals surface area contributed by atoms with Crippen LogP contribution in [0.1, 0.15) is 52.4 Å². The third-order valence-electron chi connectivity index (χ3n) is 7.82. The van der Waals surface area contributed by atoms with Crippen LogP contribution in [0.15, 0.2) is 23.3 Å². The largest absolute Gasteiger partial charge is 0.377 e. The van der Waals surface area contributed by atoms with Crippen LogP contribution in [-0.2, 0) is 4.79 Å². The highest BCUT2D eigenvalue weighted by atomic mass is 16.3. The molecule has 0 saturated heterocycles. The molecule has 3 nitrogen and oxygen atoms in total. The van der Waals surface area contributed by atoms with Crippen LogP contribution in [0.4, 0.5) is 0 Å². The summed E-state index contributed by atoms with van der Waals surface area (Å²) in [7, 11) is 0. The third kappa shape index (κ3) is 1.90. The lowest BCUT2D eigenvalue weighted by molar-refractivity contribution is -0.119. The number of Topliss-reactive ketones (excluding diaryl/α,β-unsaturated/α-hetero) is 1. The van der Waals surface area contributed by atoms with Gasteiger partial charge < -0.3 is 10.8 Å². The van der Waals surface area contributed by atoms with E-state index in [4.69, 9.17) is 12.2 Å². The Balaban J connectivity index is 1.75. The lowest BCUT2D eigenvalue weighted by atomic mass is 9.50. The molecule has 24 heavy (non-hydrogen) atoms. The van der Waals surface area contributed by atoms with E-state index in [9.17, 15) is 9.90 Å². The average Bonchev–Trinajstić information content (AvgIpc) is 2.79. The Morgan fingerprint density at radius 2 is 2.00 bits per heavy atom. The molecule has 3 N–H and O–H groups in total. The predicted octanol–water partition coefficient (Wildman–Crippen LogP) is 2.74. The molecule has 6 atom stereocenters. The summed E-state index contributed by atoms with van der Waals surface area (Å²) in [4.78, 5) is 12.3. The van der Waals surface area contributed by atoms with Gasteiger partial charge in [0.2, 0.25) is 0 Å². The Morgan fingerprint density at radius 3 is 2.71 bits per heavy atom. The van der Waals surface area contributed by atoms with E-state index in [-0.39, 0.29) is 28.6 Å². The number of hydrogen-bond acceptors (Lipinski definition) is 3. The van der Waals surface area contributed by atoms with E-state index in [0.717, 1.165) is 19.3 Å². The molecule has 0 aliphatic heterocycles. The van der Waals surface area contributed by atoms with Gasteiger partial charge in [0.25, 0.3) is 0 Å². The van der Waals surface area contributed by atoms with Gasteiger partial charge in [-0.1, -0.05) is 43.1 Å². The van der Waals surface area contributed by atoms with Crippen molar-refractivity contribution in [3.05, 3.63) is 23.3 Å². The molecule has 128 valence electrons. The van der Waals surface area contributed by atoms with Gasteiger partial charge in [-0.3, -0.25) is 4.79 Å². The van der Waals surface area contributed by atoms with Gasteiger partial charge >= 0.3 is 0 Å². The zero-order chi connectivity index (χ0) is 17.3. The van der Waals surface area contributed by atoms with Gasteiger partial charge in [-0.15, -0.1) is 6.42 Å². The molecule has 4 aliphatic carbocycles. The number of fused-ring (bicyclic) bond motifs is 5. The smallest absolute Gasteiger partial charge is 0.150 e. The Morgan fingerprint density at radius 1 is 1.25 bits per heavy atom. The van der Waals surface area contributed by atoms with Gasteiger partial charge in [-0.05, 0) is 48.3 Å². The Hall–Kier alpha value is -1.37. The fourth-order valence-corrected chi connectivity index (χ4v) is 5.96. The van der Waals surface area contributed by atoms with Gasteiger partial charge in [-0.2, -0.15) is 0 Å². The molecular weight excluding hydrogens is 298 g/mol. The summed E-state index contributed by atoms with van der Waals surface area (Å²) in [6.07, 6.45) is 14.8.